The molecule has 0 N–H and O–H groups in total. The summed E-state index contributed by atoms with van der Waals surface area (Å²) < 4.78 is 39.7. The Labute approximate surface area is 149 Å². The highest BCUT2D eigenvalue weighted by Crippen LogP contribution is 2.34. The summed E-state index contributed by atoms with van der Waals surface area (Å²) in [5.41, 5.74) is 0.806. The fourth-order valence-electron chi connectivity index (χ4n) is 2.86. The van der Waals surface area contributed by atoms with Crippen LogP contribution in [-0.4, -0.2) is 32.9 Å². The van der Waals surface area contributed by atoms with Gasteiger partial charge in [-0.3, -0.25) is 0 Å². The maximum atomic E-state index is 12.4. The number of benzene rings is 2. The lowest BCUT2D eigenvalue weighted by atomic mass is 10.1. The van der Waals surface area contributed by atoms with Crippen LogP contribution in [0.4, 0.5) is 0 Å². The minimum Gasteiger partial charge on any atom is -0.486 e. The van der Waals surface area contributed by atoms with Crippen LogP contribution < -0.4 is 15.1 Å². The summed E-state index contributed by atoms with van der Waals surface area (Å²) in [6, 6.07) is 9.99. The SMILES string of the molecule is CS(=O)(=O)Cc1ccccc1-c1nc2cc3c(cc2c(=O)o1)OCCO3. The highest BCUT2D eigenvalue weighted by atomic mass is 32.2. The van der Waals surface area contributed by atoms with Gasteiger partial charge in [0.2, 0.25) is 5.89 Å². The van der Waals surface area contributed by atoms with E-state index in [-0.39, 0.29) is 17.0 Å². The minimum atomic E-state index is -3.26. The zero-order chi connectivity index (χ0) is 18.3. The molecule has 2 heterocycles. The van der Waals surface area contributed by atoms with E-state index < -0.39 is 15.5 Å². The van der Waals surface area contributed by atoms with E-state index in [1.807, 2.05) is 0 Å². The molecule has 0 spiro atoms. The molecule has 26 heavy (non-hydrogen) atoms. The number of sulfone groups is 1. The highest BCUT2D eigenvalue weighted by molar-refractivity contribution is 7.89. The Bertz CT molecular complexity index is 1170. The minimum absolute atomic E-state index is 0.0680. The van der Waals surface area contributed by atoms with Crippen LogP contribution in [0.5, 0.6) is 11.5 Å². The Morgan fingerprint density at radius 2 is 1.77 bits per heavy atom. The van der Waals surface area contributed by atoms with Crippen molar-refractivity contribution in [3.8, 4) is 23.0 Å². The van der Waals surface area contributed by atoms with E-state index in [4.69, 9.17) is 13.9 Å². The average Bonchev–Trinajstić information content (AvgIpc) is 2.59. The lowest BCUT2D eigenvalue weighted by Gasteiger charge is -2.18. The molecule has 0 unspecified atom stereocenters. The summed E-state index contributed by atoms with van der Waals surface area (Å²) >= 11 is 0. The molecule has 0 amide bonds. The molecule has 2 aromatic carbocycles. The maximum absolute atomic E-state index is 12.4. The van der Waals surface area contributed by atoms with Crippen LogP contribution >= 0.6 is 0 Å². The van der Waals surface area contributed by atoms with Crippen LogP contribution in [0.1, 0.15) is 5.56 Å². The van der Waals surface area contributed by atoms with Gasteiger partial charge in [0.25, 0.3) is 0 Å². The van der Waals surface area contributed by atoms with Crippen LogP contribution in [-0.2, 0) is 15.6 Å². The van der Waals surface area contributed by atoms with Crippen molar-refractivity contribution in [1.82, 2.24) is 4.98 Å². The quantitative estimate of drug-likeness (QED) is 0.694. The first kappa shape index (κ1) is 16.6. The van der Waals surface area contributed by atoms with Gasteiger partial charge in [-0.25, -0.2) is 18.2 Å². The number of ether oxygens (including phenoxy) is 2. The smallest absolute Gasteiger partial charge is 0.347 e. The molecular weight excluding hydrogens is 358 g/mol. The average molecular weight is 373 g/mol. The molecule has 3 aromatic rings. The molecule has 0 saturated heterocycles. The molecule has 0 aliphatic carbocycles. The van der Waals surface area contributed by atoms with Gasteiger partial charge in [-0.1, -0.05) is 18.2 Å². The van der Waals surface area contributed by atoms with Gasteiger partial charge in [-0.15, -0.1) is 0 Å². The Hall–Kier alpha value is -2.87. The van der Waals surface area contributed by atoms with Gasteiger partial charge in [-0.05, 0) is 11.6 Å². The number of nitrogens with zero attached hydrogens (tertiary/aromatic N) is 1. The summed E-state index contributed by atoms with van der Waals surface area (Å²) in [6.45, 7) is 0.832. The fraction of sp³-hybridized carbons (Fsp3) is 0.222. The summed E-state index contributed by atoms with van der Waals surface area (Å²) in [5, 5.41) is 0.276. The van der Waals surface area contributed by atoms with Crippen molar-refractivity contribution in [2.75, 3.05) is 19.5 Å². The molecule has 1 aromatic heterocycles. The second-order valence-corrected chi connectivity index (χ2v) is 8.19. The van der Waals surface area contributed by atoms with E-state index in [0.717, 1.165) is 6.26 Å². The highest BCUT2D eigenvalue weighted by Gasteiger charge is 2.18. The van der Waals surface area contributed by atoms with Crippen LogP contribution in [0.2, 0.25) is 0 Å². The summed E-state index contributed by atoms with van der Waals surface area (Å²) in [5.74, 6) is 0.881. The van der Waals surface area contributed by atoms with Crippen LogP contribution in [0.3, 0.4) is 0 Å². The maximum Gasteiger partial charge on any atom is 0.347 e. The summed E-state index contributed by atoms with van der Waals surface area (Å²) in [6.07, 6.45) is 1.15. The molecule has 0 bridgehead atoms. The molecule has 0 atom stereocenters. The third-order valence-corrected chi connectivity index (χ3v) is 4.79. The van der Waals surface area contributed by atoms with Gasteiger partial charge in [-0.2, -0.15) is 0 Å². The number of fused-ring (bicyclic) bond motifs is 2. The van der Waals surface area contributed by atoms with Gasteiger partial charge < -0.3 is 13.9 Å². The predicted octanol–water partition coefficient (Wildman–Crippen LogP) is 2.17. The van der Waals surface area contributed by atoms with Gasteiger partial charge in [0.1, 0.15) is 13.2 Å². The lowest BCUT2D eigenvalue weighted by molar-refractivity contribution is 0.172. The van der Waals surface area contributed by atoms with Crippen molar-refractivity contribution in [3.05, 3.63) is 52.4 Å². The van der Waals surface area contributed by atoms with Crippen molar-refractivity contribution in [1.29, 1.82) is 0 Å². The van der Waals surface area contributed by atoms with Gasteiger partial charge in [0.05, 0.1) is 16.7 Å². The fourth-order valence-corrected chi connectivity index (χ4v) is 3.68. The normalized spacial score (nSPS) is 13.7. The molecule has 1 aliphatic heterocycles. The first-order chi connectivity index (χ1) is 12.4. The first-order valence-corrected chi connectivity index (χ1v) is 9.97. The second-order valence-electron chi connectivity index (χ2n) is 6.05. The summed E-state index contributed by atoms with van der Waals surface area (Å²) in [4.78, 5) is 16.8. The van der Waals surface area contributed by atoms with E-state index in [9.17, 15) is 13.2 Å². The van der Waals surface area contributed by atoms with Crippen LogP contribution in [0, 0.1) is 0 Å². The van der Waals surface area contributed by atoms with Crippen LogP contribution in [0.15, 0.2) is 45.6 Å². The molecule has 8 heteroatoms. The third-order valence-electron chi connectivity index (χ3n) is 3.96. The number of aromatic nitrogens is 1. The van der Waals surface area contributed by atoms with E-state index in [0.29, 0.717) is 41.4 Å². The molecule has 134 valence electrons. The van der Waals surface area contributed by atoms with Crippen molar-refractivity contribution in [3.63, 3.8) is 0 Å². The van der Waals surface area contributed by atoms with Gasteiger partial charge in [0, 0.05) is 24.0 Å². The Kier molecular flexibility index (Phi) is 3.91. The molecule has 0 fully saturated rings. The topological polar surface area (TPSA) is 95.7 Å². The first-order valence-electron chi connectivity index (χ1n) is 7.91. The molecule has 1 aliphatic rings. The number of hydrogen-bond acceptors (Lipinski definition) is 7. The molecule has 7 nitrogen and oxygen atoms in total. The van der Waals surface area contributed by atoms with Crippen molar-refractivity contribution in [2.45, 2.75) is 5.75 Å². The molecule has 0 radical (unpaired) electrons. The van der Waals surface area contributed by atoms with E-state index in [1.165, 1.54) is 0 Å². The lowest BCUT2D eigenvalue weighted by Crippen LogP contribution is -2.16. The second kappa shape index (κ2) is 6.14. The van der Waals surface area contributed by atoms with E-state index >= 15 is 0 Å². The molecule has 4 rings (SSSR count). The zero-order valence-electron chi connectivity index (χ0n) is 13.9. The van der Waals surface area contributed by atoms with Crippen molar-refractivity contribution in [2.24, 2.45) is 0 Å². The Balaban J connectivity index is 1.90. The van der Waals surface area contributed by atoms with Gasteiger partial charge in [0.15, 0.2) is 21.3 Å². The zero-order valence-corrected chi connectivity index (χ0v) is 14.7. The predicted molar refractivity (Wildman–Crippen MR) is 95.3 cm³/mol. The van der Waals surface area contributed by atoms with Crippen molar-refractivity contribution < 1.29 is 22.3 Å². The molecule has 0 saturated carbocycles. The number of hydrogen-bond donors (Lipinski definition) is 0. The number of rotatable bonds is 3. The monoisotopic (exact) mass is 373 g/mol. The van der Waals surface area contributed by atoms with E-state index in [2.05, 4.69) is 4.98 Å². The third kappa shape index (κ3) is 3.15. The van der Waals surface area contributed by atoms with Crippen LogP contribution in [0.25, 0.3) is 22.4 Å². The Morgan fingerprint density at radius 1 is 1.08 bits per heavy atom. The largest absolute Gasteiger partial charge is 0.486 e. The molecular formula is C18H15NO6S. The summed E-state index contributed by atoms with van der Waals surface area (Å²) in [7, 11) is -3.26. The van der Waals surface area contributed by atoms with Crippen molar-refractivity contribution >= 4 is 20.7 Å². The van der Waals surface area contributed by atoms with E-state index in [1.54, 1.807) is 36.4 Å². The van der Waals surface area contributed by atoms with Gasteiger partial charge >= 0.3 is 5.63 Å². The standard InChI is InChI=1S/C18H15NO6S/c1-26(21,22)10-11-4-2-3-5-12(11)17-19-14-9-16-15(23-6-7-24-16)8-13(14)18(20)25-17/h2-5,8-9H,6-7,10H2,1H3. The Morgan fingerprint density at radius 3 is 2.50 bits per heavy atom.